The molecule has 0 bridgehead atoms. The highest BCUT2D eigenvalue weighted by Gasteiger charge is 2.14. The first kappa shape index (κ1) is 8.29. The second kappa shape index (κ2) is 2.98. The Morgan fingerprint density at radius 2 is 2.14 bits per heavy atom. The highest BCUT2D eigenvalue weighted by atomic mass is 79.9. The first-order chi connectivity index (χ1) is 6.84. The predicted molar refractivity (Wildman–Crippen MR) is 59.7 cm³/mol. The molecule has 2 aromatic rings. The van der Waals surface area contributed by atoms with E-state index >= 15 is 0 Å². The van der Waals surface area contributed by atoms with Crippen LogP contribution in [-0.2, 0) is 0 Å². The van der Waals surface area contributed by atoms with Crippen molar-refractivity contribution in [3.05, 3.63) is 29.1 Å². The van der Waals surface area contributed by atoms with Crippen molar-refractivity contribution in [3.8, 4) is 0 Å². The molecule has 3 rings (SSSR count). The largest absolute Gasteiger partial charge is 0.370 e. The molecule has 0 radical (unpaired) electrons. The molecule has 2 aromatic heterocycles. The zero-order valence-corrected chi connectivity index (χ0v) is 9.24. The highest BCUT2D eigenvalue weighted by molar-refractivity contribution is 9.10. The lowest BCUT2D eigenvalue weighted by Gasteiger charge is -2.33. The van der Waals surface area contributed by atoms with Gasteiger partial charge in [-0.2, -0.15) is 0 Å². The topological polar surface area (TPSA) is 20.5 Å². The van der Waals surface area contributed by atoms with E-state index in [1.807, 2.05) is 6.20 Å². The lowest BCUT2D eigenvalue weighted by atomic mass is 10.2. The minimum atomic E-state index is 0.987. The van der Waals surface area contributed by atoms with E-state index in [4.69, 9.17) is 0 Å². The molecule has 0 amide bonds. The van der Waals surface area contributed by atoms with E-state index in [0.29, 0.717) is 0 Å². The number of anilines is 1. The van der Waals surface area contributed by atoms with Gasteiger partial charge in [-0.1, -0.05) is 0 Å². The van der Waals surface area contributed by atoms with Gasteiger partial charge < -0.3 is 4.90 Å². The molecule has 3 heterocycles. The number of halogens is 1. The smallest absolute Gasteiger partial charge is 0.137 e. The quantitative estimate of drug-likeness (QED) is 0.776. The maximum Gasteiger partial charge on any atom is 0.137 e. The fourth-order valence-electron chi connectivity index (χ4n) is 1.70. The van der Waals surface area contributed by atoms with Crippen LogP contribution in [0, 0.1) is 0 Å². The van der Waals surface area contributed by atoms with Gasteiger partial charge in [0.2, 0.25) is 0 Å². The Hall–Kier alpha value is -1.03. The third kappa shape index (κ3) is 1.14. The Bertz CT molecular complexity index is 473. The lowest BCUT2D eigenvalue weighted by molar-refractivity contribution is 0.616. The summed E-state index contributed by atoms with van der Waals surface area (Å²) in [5.41, 5.74) is 2.27. The van der Waals surface area contributed by atoms with Gasteiger partial charge in [-0.15, -0.1) is 0 Å². The van der Waals surface area contributed by atoms with Crippen LogP contribution >= 0.6 is 15.9 Å². The number of aromatic nitrogens is 2. The number of imidazole rings is 1. The second-order valence-corrected chi connectivity index (χ2v) is 4.35. The molecule has 1 saturated heterocycles. The standard InChI is InChI=1S/C10H10BrN3/c11-9-6-12-10-3-2-8(7-14(9)10)13-4-1-5-13/h2-3,6-7H,1,4-5H2. The summed E-state index contributed by atoms with van der Waals surface area (Å²) in [6, 6.07) is 4.19. The minimum Gasteiger partial charge on any atom is -0.370 e. The zero-order valence-electron chi connectivity index (χ0n) is 7.65. The predicted octanol–water partition coefficient (Wildman–Crippen LogP) is 2.31. The van der Waals surface area contributed by atoms with E-state index in [2.05, 4.69) is 48.5 Å². The average Bonchev–Trinajstić information content (AvgIpc) is 2.45. The van der Waals surface area contributed by atoms with E-state index < -0.39 is 0 Å². The minimum absolute atomic E-state index is 0.987. The fraction of sp³-hybridized carbons (Fsp3) is 0.300. The van der Waals surface area contributed by atoms with E-state index in [-0.39, 0.29) is 0 Å². The molecular weight excluding hydrogens is 242 g/mol. The number of fused-ring (bicyclic) bond motifs is 1. The second-order valence-electron chi connectivity index (χ2n) is 3.54. The Labute approximate surface area is 90.5 Å². The number of rotatable bonds is 1. The molecule has 0 aromatic carbocycles. The summed E-state index contributed by atoms with van der Waals surface area (Å²) in [5.74, 6) is 0. The number of nitrogens with zero attached hydrogens (tertiary/aromatic N) is 3. The molecule has 1 aliphatic heterocycles. The molecule has 14 heavy (non-hydrogen) atoms. The van der Waals surface area contributed by atoms with Gasteiger partial charge in [-0.25, -0.2) is 4.98 Å². The van der Waals surface area contributed by atoms with Crippen molar-refractivity contribution in [2.45, 2.75) is 6.42 Å². The van der Waals surface area contributed by atoms with Crippen molar-refractivity contribution in [2.24, 2.45) is 0 Å². The van der Waals surface area contributed by atoms with E-state index in [1.165, 1.54) is 25.2 Å². The van der Waals surface area contributed by atoms with Crippen molar-refractivity contribution in [1.82, 2.24) is 9.38 Å². The summed E-state index contributed by atoms with van der Waals surface area (Å²) in [6.45, 7) is 2.36. The van der Waals surface area contributed by atoms with E-state index in [9.17, 15) is 0 Å². The normalized spacial score (nSPS) is 15.9. The summed E-state index contributed by atoms with van der Waals surface area (Å²) < 4.78 is 3.07. The molecule has 72 valence electrons. The van der Waals surface area contributed by atoms with Gasteiger partial charge in [-0.05, 0) is 34.5 Å². The maximum absolute atomic E-state index is 4.26. The Kier molecular flexibility index (Phi) is 1.77. The Morgan fingerprint density at radius 3 is 2.86 bits per heavy atom. The van der Waals surface area contributed by atoms with Crippen molar-refractivity contribution in [2.75, 3.05) is 18.0 Å². The number of hydrogen-bond donors (Lipinski definition) is 0. The van der Waals surface area contributed by atoms with Gasteiger partial charge in [0.1, 0.15) is 10.3 Å². The highest BCUT2D eigenvalue weighted by Crippen LogP contribution is 2.22. The molecule has 0 spiro atoms. The summed E-state index contributed by atoms with van der Waals surface area (Å²) in [5, 5.41) is 0. The van der Waals surface area contributed by atoms with Crippen molar-refractivity contribution in [3.63, 3.8) is 0 Å². The van der Waals surface area contributed by atoms with Crippen LogP contribution in [0.15, 0.2) is 29.1 Å². The summed E-state index contributed by atoms with van der Waals surface area (Å²) >= 11 is 3.47. The SMILES string of the molecule is Brc1cnc2ccc(N3CCC3)cn12. The molecule has 0 unspecified atom stereocenters. The van der Waals surface area contributed by atoms with Crippen LogP contribution in [0.3, 0.4) is 0 Å². The Morgan fingerprint density at radius 1 is 1.29 bits per heavy atom. The van der Waals surface area contributed by atoms with Gasteiger partial charge in [0.15, 0.2) is 0 Å². The summed E-state index contributed by atoms with van der Waals surface area (Å²) in [7, 11) is 0. The number of pyridine rings is 1. The van der Waals surface area contributed by atoms with Crippen LogP contribution in [0.2, 0.25) is 0 Å². The van der Waals surface area contributed by atoms with Crippen LogP contribution in [0.4, 0.5) is 5.69 Å². The average molecular weight is 252 g/mol. The number of hydrogen-bond acceptors (Lipinski definition) is 2. The van der Waals surface area contributed by atoms with E-state index in [0.717, 1.165) is 10.3 Å². The fourth-order valence-corrected chi connectivity index (χ4v) is 2.09. The molecule has 0 N–H and O–H groups in total. The lowest BCUT2D eigenvalue weighted by Crippen LogP contribution is -2.37. The van der Waals surface area contributed by atoms with Gasteiger partial charge in [-0.3, -0.25) is 4.40 Å². The summed E-state index contributed by atoms with van der Waals surface area (Å²) in [6.07, 6.45) is 5.27. The summed E-state index contributed by atoms with van der Waals surface area (Å²) in [4.78, 5) is 6.63. The van der Waals surface area contributed by atoms with Crippen LogP contribution in [0.1, 0.15) is 6.42 Å². The third-order valence-corrected chi connectivity index (χ3v) is 3.25. The first-order valence-corrected chi connectivity index (χ1v) is 5.51. The molecule has 1 fully saturated rings. The van der Waals surface area contributed by atoms with Crippen molar-refractivity contribution >= 4 is 27.3 Å². The molecular formula is C10H10BrN3. The van der Waals surface area contributed by atoms with Crippen LogP contribution < -0.4 is 4.90 Å². The van der Waals surface area contributed by atoms with Gasteiger partial charge in [0.05, 0.1) is 11.9 Å². The first-order valence-electron chi connectivity index (χ1n) is 4.72. The molecule has 0 saturated carbocycles. The molecule has 1 aliphatic rings. The van der Waals surface area contributed by atoms with Crippen molar-refractivity contribution < 1.29 is 0 Å². The molecule has 4 heteroatoms. The third-order valence-electron chi connectivity index (χ3n) is 2.67. The van der Waals surface area contributed by atoms with E-state index in [1.54, 1.807) is 0 Å². The molecule has 0 atom stereocenters. The maximum atomic E-state index is 4.26. The van der Waals surface area contributed by atoms with Crippen LogP contribution in [0.25, 0.3) is 5.65 Å². The molecule has 3 nitrogen and oxygen atoms in total. The zero-order chi connectivity index (χ0) is 9.54. The monoisotopic (exact) mass is 251 g/mol. The molecule has 0 aliphatic carbocycles. The van der Waals surface area contributed by atoms with Gasteiger partial charge in [0, 0.05) is 19.3 Å². The van der Waals surface area contributed by atoms with Gasteiger partial charge >= 0.3 is 0 Å². The van der Waals surface area contributed by atoms with Crippen molar-refractivity contribution in [1.29, 1.82) is 0 Å². The Balaban J connectivity index is 2.13. The van der Waals surface area contributed by atoms with Crippen LogP contribution in [-0.4, -0.2) is 22.5 Å². The van der Waals surface area contributed by atoms with Crippen LogP contribution in [0.5, 0.6) is 0 Å². The van der Waals surface area contributed by atoms with Gasteiger partial charge in [0.25, 0.3) is 0 Å².